The van der Waals surface area contributed by atoms with Crippen molar-refractivity contribution < 1.29 is 0 Å². The van der Waals surface area contributed by atoms with Crippen molar-refractivity contribution in [2.45, 2.75) is 26.8 Å². The van der Waals surface area contributed by atoms with Crippen LogP contribution in [0.25, 0.3) is 0 Å². The van der Waals surface area contributed by atoms with E-state index < -0.39 is 0 Å². The highest BCUT2D eigenvalue weighted by atomic mass is 14.6. The Hall–Kier alpha value is -1.80. The number of benzene rings is 2. The second kappa shape index (κ2) is 4.83. The molecule has 0 radical (unpaired) electrons. The Kier molecular flexibility index (Phi) is 3.39. The van der Waals surface area contributed by atoms with Crippen molar-refractivity contribution in [3.63, 3.8) is 0 Å². The summed E-state index contributed by atoms with van der Waals surface area (Å²) in [6.45, 7) is 6.35. The van der Waals surface area contributed by atoms with E-state index in [0.717, 1.165) is 11.3 Å². The van der Waals surface area contributed by atoms with Crippen LogP contribution >= 0.6 is 0 Å². The molecule has 1 atom stereocenters. The summed E-state index contributed by atoms with van der Waals surface area (Å²) in [5.41, 5.74) is 18.9. The van der Waals surface area contributed by atoms with Crippen LogP contribution < -0.4 is 11.5 Å². The molecular formula is C16H20N2. The first-order valence-electron chi connectivity index (χ1n) is 6.18. The van der Waals surface area contributed by atoms with Crippen LogP contribution in [0, 0.1) is 20.8 Å². The van der Waals surface area contributed by atoms with E-state index in [1.54, 1.807) is 0 Å². The maximum Gasteiger partial charge on any atom is 0.0554 e. The fraction of sp³-hybridized carbons (Fsp3) is 0.250. The first kappa shape index (κ1) is 12.7. The Morgan fingerprint density at radius 3 is 2.00 bits per heavy atom. The molecule has 0 saturated heterocycles. The molecular weight excluding hydrogens is 220 g/mol. The number of nitrogens with two attached hydrogens (primary N) is 2. The molecule has 0 aromatic heterocycles. The Labute approximate surface area is 109 Å². The van der Waals surface area contributed by atoms with Gasteiger partial charge < -0.3 is 11.5 Å². The topological polar surface area (TPSA) is 52.0 Å². The van der Waals surface area contributed by atoms with Gasteiger partial charge in [-0.2, -0.15) is 0 Å². The van der Waals surface area contributed by atoms with Gasteiger partial charge in [-0.05, 0) is 60.7 Å². The maximum atomic E-state index is 6.35. The minimum Gasteiger partial charge on any atom is -0.399 e. The Bertz CT molecular complexity index is 556. The Balaban J connectivity index is 2.42. The number of hydrogen-bond acceptors (Lipinski definition) is 2. The van der Waals surface area contributed by atoms with Crippen molar-refractivity contribution in [1.82, 2.24) is 0 Å². The molecule has 2 nitrogen and oxygen atoms in total. The molecule has 0 amide bonds. The quantitative estimate of drug-likeness (QED) is 0.792. The molecule has 0 heterocycles. The first-order valence-corrected chi connectivity index (χ1v) is 6.18. The Morgan fingerprint density at radius 2 is 1.39 bits per heavy atom. The fourth-order valence-corrected chi connectivity index (χ4v) is 2.20. The Morgan fingerprint density at radius 1 is 0.833 bits per heavy atom. The van der Waals surface area contributed by atoms with E-state index in [4.69, 9.17) is 11.5 Å². The molecule has 0 spiro atoms. The zero-order chi connectivity index (χ0) is 13.3. The van der Waals surface area contributed by atoms with E-state index >= 15 is 0 Å². The summed E-state index contributed by atoms with van der Waals surface area (Å²) in [7, 11) is 0. The van der Waals surface area contributed by atoms with E-state index in [1.165, 1.54) is 22.3 Å². The zero-order valence-corrected chi connectivity index (χ0v) is 11.2. The average molecular weight is 240 g/mol. The van der Waals surface area contributed by atoms with Crippen LogP contribution in [0.4, 0.5) is 5.69 Å². The number of anilines is 1. The van der Waals surface area contributed by atoms with Gasteiger partial charge in [0.15, 0.2) is 0 Å². The molecule has 4 N–H and O–H groups in total. The monoisotopic (exact) mass is 240 g/mol. The van der Waals surface area contributed by atoms with Gasteiger partial charge in [0, 0.05) is 5.69 Å². The van der Waals surface area contributed by atoms with E-state index in [9.17, 15) is 0 Å². The van der Waals surface area contributed by atoms with Gasteiger partial charge in [-0.15, -0.1) is 0 Å². The molecule has 0 aliphatic heterocycles. The fourth-order valence-electron chi connectivity index (χ4n) is 2.20. The second-order valence-corrected chi connectivity index (χ2v) is 4.94. The summed E-state index contributed by atoms with van der Waals surface area (Å²) >= 11 is 0. The molecule has 0 fully saturated rings. The molecule has 94 valence electrons. The van der Waals surface area contributed by atoms with Crippen LogP contribution in [0.1, 0.15) is 33.9 Å². The third kappa shape index (κ3) is 2.39. The van der Waals surface area contributed by atoms with Gasteiger partial charge >= 0.3 is 0 Å². The van der Waals surface area contributed by atoms with Crippen LogP contribution in [-0.2, 0) is 0 Å². The molecule has 2 aromatic carbocycles. The number of hydrogen-bond donors (Lipinski definition) is 2. The van der Waals surface area contributed by atoms with Gasteiger partial charge in [-0.25, -0.2) is 0 Å². The molecule has 18 heavy (non-hydrogen) atoms. The van der Waals surface area contributed by atoms with Crippen molar-refractivity contribution in [1.29, 1.82) is 0 Å². The lowest BCUT2D eigenvalue weighted by Gasteiger charge is -2.17. The van der Waals surface area contributed by atoms with E-state index in [2.05, 4.69) is 32.9 Å². The SMILES string of the molecule is Cc1cc(C)c(C(N)c2ccc(N)cc2)cc1C. The van der Waals surface area contributed by atoms with Crippen molar-refractivity contribution in [3.8, 4) is 0 Å². The van der Waals surface area contributed by atoms with Gasteiger partial charge in [-0.3, -0.25) is 0 Å². The lowest BCUT2D eigenvalue weighted by molar-refractivity contribution is 0.858. The van der Waals surface area contributed by atoms with Crippen LogP contribution in [0.2, 0.25) is 0 Å². The predicted molar refractivity (Wildman–Crippen MR) is 77.5 cm³/mol. The summed E-state index contributed by atoms with van der Waals surface area (Å²) in [5, 5.41) is 0. The van der Waals surface area contributed by atoms with E-state index in [1.807, 2.05) is 24.3 Å². The zero-order valence-electron chi connectivity index (χ0n) is 11.2. The summed E-state index contributed by atoms with van der Waals surface area (Å²) < 4.78 is 0. The molecule has 0 aliphatic carbocycles. The number of aryl methyl sites for hydroxylation is 3. The molecule has 0 aliphatic rings. The molecule has 0 saturated carbocycles. The van der Waals surface area contributed by atoms with Crippen molar-refractivity contribution >= 4 is 5.69 Å². The van der Waals surface area contributed by atoms with Crippen LogP contribution in [0.15, 0.2) is 36.4 Å². The van der Waals surface area contributed by atoms with Crippen LogP contribution in [0.3, 0.4) is 0 Å². The maximum absolute atomic E-state index is 6.35. The summed E-state index contributed by atoms with van der Waals surface area (Å²) in [6.07, 6.45) is 0. The van der Waals surface area contributed by atoms with Gasteiger partial charge in [0.05, 0.1) is 6.04 Å². The van der Waals surface area contributed by atoms with Gasteiger partial charge in [-0.1, -0.05) is 24.3 Å². The summed E-state index contributed by atoms with van der Waals surface area (Å²) in [6, 6.07) is 12.1. The van der Waals surface area contributed by atoms with Crippen LogP contribution in [0.5, 0.6) is 0 Å². The molecule has 2 heteroatoms. The average Bonchev–Trinajstić information content (AvgIpc) is 2.34. The minimum absolute atomic E-state index is 0.0927. The van der Waals surface area contributed by atoms with E-state index in [0.29, 0.717) is 0 Å². The van der Waals surface area contributed by atoms with Crippen molar-refractivity contribution in [3.05, 3.63) is 64.2 Å². The number of rotatable bonds is 2. The molecule has 1 unspecified atom stereocenters. The third-order valence-electron chi connectivity index (χ3n) is 3.51. The number of nitrogen functional groups attached to an aromatic ring is 1. The highest BCUT2D eigenvalue weighted by Gasteiger charge is 2.12. The third-order valence-corrected chi connectivity index (χ3v) is 3.51. The summed E-state index contributed by atoms with van der Waals surface area (Å²) in [5.74, 6) is 0. The summed E-state index contributed by atoms with van der Waals surface area (Å²) in [4.78, 5) is 0. The predicted octanol–water partition coefficient (Wildman–Crippen LogP) is 3.24. The van der Waals surface area contributed by atoms with Crippen molar-refractivity contribution in [2.75, 3.05) is 5.73 Å². The van der Waals surface area contributed by atoms with Crippen molar-refractivity contribution in [2.24, 2.45) is 5.73 Å². The van der Waals surface area contributed by atoms with Crippen LogP contribution in [-0.4, -0.2) is 0 Å². The highest BCUT2D eigenvalue weighted by Crippen LogP contribution is 2.25. The lowest BCUT2D eigenvalue weighted by Crippen LogP contribution is -2.13. The minimum atomic E-state index is -0.0927. The normalized spacial score (nSPS) is 12.4. The second-order valence-electron chi connectivity index (χ2n) is 4.94. The molecule has 2 aromatic rings. The first-order chi connectivity index (χ1) is 8.49. The standard InChI is InChI=1S/C16H20N2/c1-10-8-12(3)15(9-11(10)2)16(18)13-4-6-14(17)7-5-13/h4-9,16H,17-18H2,1-3H3. The highest BCUT2D eigenvalue weighted by molar-refractivity contribution is 5.45. The molecule has 2 rings (SSSR count). The lowest BCUT2D eigenvalue weighted by atomic mass is 9.92. The largest absolute Gasteiger partial charge is 0.399 e. The van der Waals surface area contributed by atoms with Gasteiger partial charge in [0.2, 0.25) is 0 Å². The smallest absolute Gasteiger partial charge is 0.0554 e. The van der Waals surface area contributed by atoms with Gasteiger partial charge in [0.25, 0.3) is 0 Å². The van der Waals surface area contributed by atoms with E-state index in [-0.39, 0.29) is 6.04 Å². The van der Waals surface area contributed by atoms with Gasteiger partial charge in [0.1, 0.15) is 0 Å². The molecule has 0 bridgehead atoms.